The molecule has 1 aromatic heterocycles. The Hall–Kier alpha value is -3.28. The second-order valence-electron chi connectivity index (χ2n) is 8.56. The number of pyridine rings is 1. The lowest BCUT2D eigenvalue weighted by Crippen LogP contribution is -2.38. The Bertz CT molecular complexity index is 1330. The first kappa shape index (κ1) is 19.7. The third-order valence-corrected chi connectivity index (χ3v) is 6.60. The molecule has 2 aliphatic rings. The summed E-state index contributed by atoms with van der Waals surface area (Å²) in [6.45, 7) is 4.23. The molecule has 0 spiro atoms. The second-order valence-corrected chi connectivity index (χ2v) is 8.56. The molecular formula is C25H22F2N2O2. The fourth-order valence-corrected chi connectivity index (χ4v) is 5.04. The molecule has 3 aromatic rings. The number of carbonyl (C=O) groups is 1. The Morgan fingerprint density at radius 1 is 1.19 bits per heavy atom. The van der Waals surface area contributed by atoms with E-state index in [-0.39, 0.29) is 40.8 Å². The Morgan fingerprint density at radius 3 is 2.71 bits per heavy atom. The van der Waals surface area contributed by atoms with Gasteiger partial charge >= 0.3 is 0 Å². The van der Waals surface area contributed by atoms with Crippen molar-refractivity contribution in [2.24, 2.45) is 5.92 Å². The topological polar surface area (TPSA) is 53.2 Å². The van der Waals surface area contributed by atoms with Crippen molar-refractivity contribution in [3.05, 3.63) is 86.7 Å². The van der Waals surface area contributed by atoms with Gasteiger partial charge in [0.05, 0.1) is 18.0 Å². The number of nitrogens with zero attached hydrogens (tertiary/aromatic N) is 1. The van der Waals surface area contributed by atoms with Gasteiger partial charge in [0.25, 0.3) is 5.56 Å². The predicted octanol–water partition coefficient (Wildman–Crippen LogP) is 4.28. The van der Waals surface area contributed by atoms with Crippen LogP contribution in [0, 0.1) is 31.4 Å². The van der Waals surface area contributed by atoms with E-state index in [1.807, 2.05) is 6.07 Å². The minimum atomic E-state index is -1.01. The van der Waals surface area contributed by atoms with Crippen LogP contribution in [0.25, 0.3) is 16.5 Å². The summed E-state index contributed by atoms with van der Waals surface area (Å²) in [4.78, 5) is 30.0. The molecule has 0 radical (unpaired) electrons. The van der Waals surface area contributed by atoms with Gasteiger partial charge < -0.3 is 9.88 Å². The van der Waals surface area contributed by atoms with Gasteiger partial charge in [-0.2, -0.15) is 0 Å². The summed E-state index contributed by atoms with van der Waals surface area (Å²) in [6.07, 6.45) is 2.89. The molecule has 4 nitrogen and oxygen atoms in total. The molecule has 2 aromatic carbocycles. The molecule has 1 fully saturated rings. The first-order valence-corrected chi connectivity index (χ1v) is 10.4. The van der Waals surface area contributed by atoms with Crippen molar-refractivity contribution in [3.8, 4) is 0 Å². The lowest BCUT2D eigenvalue weighted by molar-refractivity contribution is -0.130. The molecule has 0 saturated carbocycles. The number of H-pyrrole nitrogens is 1. The third-order valence-electron chi connectivity index (χ3n) is 6.60. The van der Waals surface area contributed by atoms with Crippen LogP contribution in [0.3, 0.4) is 0 Å². The van der Waals surface area contributed by atoms with E-state index in [0.717, 1.165) is 12.5 Å². The quantitative estimate of drug-likeness (QED) is 0.688. The number of aromatic amines is 1. The van der Waals surface area contributed by atoms with Crippen molar-refractivity contribution in [2.75, 3.05) is 6.54 Å². The number of hydrogen-bond donors (Lipinski definition) is 1. The molecule has 2 heterocycles. The molecule has 1 N–H and O–H groups in total. The molecule has 5 rings (SSSR count). The lowest BCUT2D eigenvalue weighted by Gasteiger charge is -2.27. The molecule has 2 atom stereocenters. The van der Waals surface area contributed by atoms with Crippen LogP contribution in [0.4, 0.5) is 8.78 Å². The molecule has 2 bridgehead atoms. The van der Waals surface area contributed by atoms with Gasteiger partial charge in [0.15, 0.2) is 11.6 Å². The largest absolute Gasteiger partial charge is 0.335 e. The van der Waals surface area contributed by atoms with E-state index in [1.54, 1.807) is 11.8 Å². The Morgan fingerprint density at radius 2 is 2.00 bits per heavy atom. The normalized spacial score (nSPS) is 19.9. The number of likely N-dealkylation sites (tertiary alicyclic amines) is 1. The summed E-state index contributed by atoms with van der Waals surface area (Å²) in [5.74, 6) is -1.88. The van der Waals surface area contributed by atoms with Crippen LogP contribution in [0.1, 0.15) is 28.7 Å². The highest BCUT2D eigenvalue weighted by molar-refractivity contribution is 5.87. The van der Waals surface area contributed by atoms with E-state index in [9.17, 15) is 18.4 Å². The highest BCUT2D eigenvalue weighted by Crippen LogP contribution is 2.42. The molecule has 31 heavy (non-hydrogen) atoms. The smallest absolute Gasteiger partial charge is 0.252 e. The maximum atomic E-state index is 14.4. The van der Waals surface area contributed by atoms with Crippen LogP contribution < -0.4 is 5.56 Å². The van der Waals surface area contributed by atoms with Crippen LogP contribution in [0.15, 0.2) is 47.3 Å². The Balaban J connectivity index is 1.43. The van der Waals surface area contributed by atoms with E-state index < -0.39 is 17.2 Å². The number of carbonyl (C=O) groups excluding carboxylic acids is 1. The van der Waals surface area contributed by atoms with Crippen molar-refractivity contribution >= 4 is 22.4 Å². The van der Waals surface area contributed by atoms with Gasteiger partial charge in [-0.1, -0.05) is 35.9 Å². The first-order chi connectivity index (χ1) is 14.8. The van der Waals surface area contributed by atoms with Gasteiger partial charge in [-0.25, -0.2) is 8.78 Å². The van der Waals surface area contributed by atoms with Crippen molar-refractivity contribution in [1.82, 2.24) is 9.88 Å². The van der Waals surface area contributed by atoms with Crippen LogP contribution in [0.2, 0.25) is 0 Å². The number of amides is 1. The van der Waals surface area contributed by atoms with Gasteiger partial charge in [0, 0.05) is 23.4 Å². The summed E-state index contributed by atoms with van der Waals surface area (Å²) in [5.41, 5.74) is 3.95. The number of fused-ring (bicyclic) bond motifs is 3. The summed E-state index contributed by atoms with van der Waals surface area (Å²) in [5, 5.41) is 0.0203. The van der Waals surface area contributed by atoms with E-state index in [2.05, 4.69) is 36.2 Å². The molecular weight excluding hydrogens is 398 g/mol. The number of nitrogens with one attached hydrogen (secondary N) is 1. The summed E-state index contributed by atoms with van der Waals surface area (Å²) in [6, 6.07) is 10.7. The fourth-order valence-electron chi connectivity index (χ4n) is 5.04. The fraction of sp³-hybridized carbons (Fsp3) is 0.280. The van der Waals surface area contributed by atoms with Gasteiger partial charge in [-0.05, 0) is 49.1 Å². The lowest BCUT2D eigenvalue weighted by atomic mass is 9.94. The Kier molecular flexibility index (Phi) is 4.54. The summed E-state index contributed by atoms with van der Waals surface area (Å²) < 4.78 is 28.1. The van der Waals surface area contributed by atoms with E-state index in [0.29, 0.717) is 12.1 Å². The zero-order chi connectivity index (χ0) is 21.9. The SMILES string of the molecule is Cc1cccc(C2=C[C@H]3C[C@@H]2CN3C(=O)Cc2c(C)c3c(F)c(F)ccc3[nH]c2=O)c1. The van der Waals surface area contributed by atoms with Crippen molar-refractivity contribution < 1.29 is 13.6 Å². The van der Waals surface area contributed by atoms with Gasteiger partial charge in [0.1, 0.15) is 0 Å². The molecule has 0 unspecified atom stereocenters. The highest BCUT2D eigenvalue weighted by atomic mass is 19.2. The molecule has 1 aliphatic heterocycles. The number of aryl methyl sites for hydroxylation is 2. The van der Waals surface area contributed by atoms with E-state index in [1.165, 1.54) is 22.8 Å². The maximum Gasteiger partial charge on any atom is 0.252 e. The molecule has 1 aliphatic carbocycles. The maximum absolute atomic E-state index is 14.4. The molecule has 1 saturated heterocycles. The van der Waals surface area contributed by atoms with Crippen molar-refractivity contribution in [2.45, 2.75) is 32.7 Å². The van der Waals surface area contributed by atoms with Crippen LogP contribution in [-0.2, 0) is 11.2 Å². The second kappa shape index (κ2) is 7.15. The third kappa shape index (κ3) is 3.17. The number of aromatic nitrogens is 1. The van der Waals surface area contributed by atoms with Crippen molar-refractivity contribution in [1.29, 1.82) is 0 Å². The van der Waals surface area contributed by atoms with Crippen LogP contribution in [-0.4, -0.2) is 28.4 Å². The first-order valence-electron chi connectivity index (χ1n) is 10.4. The van der Waals surface area contributed by atoms with Crippen LogP contribution in [0.5, 0.6) is 0 Å². The summed E-state index contributed by atoms with van der Waals surface area (Å²) in [7, 11) is 0. The minimum absolute atomic E-state index is 0.00189. The molecule has 1 amide bonds. The number of rotatable bonds is 3. The number of halogens is 2. The van der Waals surface area contributed by atoms with E-state index in [4.69, 9.17) is 0 Å². The zero-order valence-electron chi connectivity index (χ0n) is 17.3. The van der Waals surface area contributed by atoms with Gasteiger partial charge in [-0.3, -0.25) is 9.59 Å². The predicted molar refractivity (Wildman–Crippen MR) is 116 cm³/mol. The van der Waals surface area contributed by atoms with Crippen LogP contribution >= 0.6 is 0 Å². The number of hydrogen-bond acceptors (Lipinski definition) is 2. The highest BCUT2D eigenvalue weighted by Gasteiger charge is 2.41. The average molecular weight is 420 g/mol. The minimum Gasteiger partial charge on any atom is -0.335 e. The zero-order valence-corrected chi connectivity index (χ0v) is 17.3. The Labute approximate surface area is 178 Å². The molecule has 158 valence electrons. The number of benzene rings is 2. The van der Waals surface area contributed by atoms with Gasteiger partial charge in [0.2, 0.25) is 5.91 Å². The standard InChI is InChI=1S/C25H22F2N2O2/c1-13-4-3-5-15(8-13)19-10-17-9-16(19)12-29(17)22(30)11-18-14(2)23-21(28-25(18)31)7-6-20(26)24(23)27/h3-8,10,16-17H,9,11-12H2,1-2H3,(H,28,31)/t16-,17-/m1/s1. The summed E-state index contributed by atoms with van der Waals surface area (Å²) >= 11 is 0. The average Bonchev–Trinajstić information content (AvgIpc) is 3.35. The van der Waals surface area contributed by atoms with E-state index >= 15 is 0 Å². The monoisotopic (exact) mass is 420 g/mol. The molecule has 6 heteroatoms. The van der Waals surface area contributed by atoms with Crippen molar-refractivity contribution in [3.63, 3.8) is 0 Å². The van der Waals surface area contributed by atoms with Gasteiger partial charge in [-0.15, -0.1) is 0 Å².